The SMILES string of the molecule is CC(C)CCNC(N)=NCCCc1nc2ccccc2[nH]1. The van der Waals surface area contributed by atoms with Crippen LogP contribution in [0, 0.1) is 5.92 Å². The largest absolute Gasteiger partial charge is 0.370 e. The van der Waals surface area contributed by atoms with Crippen LogP contribution in [0.15, 0.2) is 29.3 Å². The number of aryl methyl sites for hydroxylation is 1. The lowest BCUT2D eigenvalue weighted by molar-refractivity contribution is 0.576. The van der Waals surface area contributed by atoms with Crippen molar-refractivity contribution in [1.29, 1.82) is 0 Å². The number of benzene rings is 1. The molecule has 0 aliphatic carbocycles. The van der Waals surface area contributed by atoms with Gasteiger partial charge in [0.1, 0.15) is 5.82 Å². The molecule has 0 radical (unpaired) electrons. The zero-order chi connectivity index (χ0) is 15.1. The highest BCUT2D eigenvalue weighted by Gasteiger charge is 2.01. The average Bonchev–Trinajstić information content (AvgIpc) is 2.86. The third-order valence-corrected chi connectivity index (χ3v) is 3.32. The fourth-order valence-electron chi connectivity index (χ4n) is 2.11. The van der Waals surface area contributed by atoms with Crippen molar-refractivity contribution in [1.82, 2.24) is 15.3 Å². The zero-order valence-electron chi connectivity index (χ0n) is 12.9. The molecule has 0 fully saturated rings. The van der Waals surface area contributed by atoms with Gasteiger partial charge in [-0.15, -0.1) is 0 Å². The number of para-hydroxylation sites is 2. The van der Waals surface area contributed by atoms with Crippen LogP contribution >= 0.6 is 0 Å². The standard InChI is InChI=1S/C16H25N5/c1-12(2)9-11-19-16(17)18-10-5-8-15-20-13-6-3-4-7-14(13)21-15/h3-4,6-7,12H,5,8-11H2,1-2H3,(H,20,21)(H3,17,18,19). The van der Waals surface area contributed by atoms with Gasteiger partial charge in [-0.3, -0.25) is 4.99 Å². The van der Waals surface area contributed by atoms with Crippen molar-refractivity contribution in [3.8, 4) is 0 Å². The molecule has 21 heavy (non-hydrogen) atoms. The Bertz CT molecular complexity index is 552. The second kappa shape index (κ2) is 7.67. The maximum absolute atomic E-state index is 5.82. The number of nitrogens with zero attached hydrogens (tertiary/aromatic N) is 2. The van der Waals surface area contributed by atoms with Gasteiger partial charge in [0.25, 0.3) is 0 Å². The van der Waals surface area contributed by atoms with E-state index in [1.54, 1.807) is 0 Å². The van der Waals surface area contributed by atoms with E-state index in [0.717, 1.165) is 49.2 Å². The first-order valence-electron chi connectivity index (χ1n) is 7.62. The molecule has 0 atom stereocenters. The third-order valence-electron chi connectivity index (χ3n) is 3.32. The number of nitrogens with two attached hydrogens (primary N) is 1. The van der Waals surface area contributed by atoms with E-state index in [-0.39, 0.29) is 0 Å². The Kier molecular flexibility index (Phi) is 5.60. The lowest BCUT2D eigenvalue weighted by atomic mass is 10.1. The van der Waals surface area contributed by atoms with E-state index in [2.05, 4.69) is 34.1 Å². The molecule has 2 aromatic rings. The van der Waals surface area contributed by atoms with E-state index in [1.807, 2.05) is 24.3 Å². The fourth-order valence-corrected chi connectivity index (χ4v) is 2.11. The Hall–Kier alpha value is -2.04. The maximum Gasteiger partial charge on any atom is 0.188 e. The summed E-state index contributed by atoms with van der Waals surface area (Å²) in [6.07, 6.45) is 2.93. The van der Waals surface area contributed by atoms with E-state index >= 15 is 0 Å². The second-order valence-electron chi connectivity index (χ2n) is 5.68. The number of aromatic amines is 1. The maximum atomic E-state index is 5.82. The predicted octanol–water partition coefficient (Wildman–Crippen LogP) is 2.45. The number of imidazole rings is 1. The van der Waals surface area contributed by atoms with Crippen molar-refractivity contribution in [2.75, 3.05) is 13.1 Å². The van der Waals surface area contributed by atoms with Crippen LogP contribution in [-0.4, -0.2) is 29.0 Å². The molecule has 0 bridgehead atoms. The molecule has 0 amide bonds. The van der Waals surface area contributed by atoms with E-state index < -0.39 is 0 Å². The van der Waals surface area contributed by atoms with Crippen molar-refractivity contribution in [2.45, 2.75) is 33.1 Å². The van der Waals surface area contributed by atoms with Gasteiger partial charge in [-0.1, -0.05) is 26.0 Å². The van der Waals surface area contributed by atoms with Crippen molar-refractivity contribution in [3.05, 3.63) is 30.1 Å². The molecule has 0 unspecified atom stereocenters. The van der Waals surface area contributed by atoms with Gasteiger partial charge in [0, 0.05) is 19.5 Å². The van der Waals surface area contributed by atoms with Crippen LogP contribution in [0.3, 0.4) is 0 Å². The first kappa shape index (κ1) is 15.4. The van der Waals surface area contributed by atoms with Gasteiger partial charge in [-0.05, 0) is 30.9 Å². The Balaban J connectivity index is 1.71. The Morgan fingerprint density at radius 1 is 1.38 bits per heavy atom. The number of H-pyrrole nitrogens is 1. The van der Waals surface area contributed by atoms with Gasteiger partial charge in [0.05, 0.1) is 11.0 Å². The molecule has 2 rings (SSSR count). The van der Waals surface area contributed by atoms with Crippen LogP contribution in [0.2, 0.25) is 0 Å². The number of guanidine groups is 1. The van der Waals surface area contributed by atoms with Crippen LogP contribution in [0.5, 0.6) is 0 Å². The number of aliphatic imine (C=N–C) groups is 1. The molecular formula is C16H25N5. The van der Waals surface area contributed by atoms with Crippen LogP contribution in [0.1, 0.15) is 32.5 Å². The van der Waals surface area contributed by atoms with Gasteiger partial charge >= 0.3 is 0 Å². The van der Waals surface area contributed by atoms with Gasteiger partial charge in [0.2, 0.25) is 0 Å². The average molecular weight is 287 g/mol. The smallest absolute Gasteiger partial charge is 0.188 e. The lowest BCUT2D eigenvalue weighted by Crippen LogP contribution is -2.33. The van der Waals surface area contributed by atoms with Crippen LogP contribution in [-0.2, 0) is 6.42 Å². The highest BCUT2D eigenvalue weighted by Crippen LogP contribution is 2.11. The van der Waals surface area contributed by atoms with Crippen LogP contribution in [0.4, 0.5) is 0 Å². The molecular weight excluding hydrogens is 262 g/mol. The monoisotopic (exact) mass is 287 g/mol. The highest BCUT2D eigenvalue weighted by molar-refractivity contribution is 5.77. The number of hydrogen-bond donors (Lipinski definition) is 3. The lowest BCUT2D eigenvalue weighted by Gasteiger charge is -2.07. The molecule has 1 heterocycles. The number of nitrogens with one attached hydrogen (secondary N) is 2. The van der Waals surface area contributed by atoms with E-state index in [0.29, 0.717) is 11.9 Å². The van der Waals surface area contributed by atoms with Crippen LogP contribution < -0.4 is 11.1 Å². The molecule has 1 aromatic carbocycles. The van der Waals surface area contributed by atoms with Gasteiger partial charge in [-0.2, -0.15) is 0 Å². The number of fused-ring (bicyclic) bond motifs is 1. The molecule has 5 heteroatoms. The summed E-state index contributed by atoms with van der Waals surface area (Å²) in [5.74, 6) is 2.23. The van der Waals surface area contributed by atoms with Crippen molar-refractivity contribution in [3.63, 3.8) is 0 Å². The van der Waals surface area contributed by atoms with E-state index in [9.17, 15) is 0 Å². The van der Waals surface area contributed by atoms with Crippen LogP contribution in [0.25, 0.3) is 11.0 Å². The Morgan fingerprint density at radius 2 is 2.19 bits per heavy atom. The first-order chi connectivity index (χ1) is 10.1. The summed E-state index contributed by atoms with van der Waals surface area (Å²) in [5, 5.41) is 3.14. The minimum Gasteiger partial charge on any atom is -0.370 e. The van der Waals surface area contributed by atoms with E-state index in [1.165, 1.54) is 0 Å². The van der Waals surface area contributed by atoms with Crippen molar-refractivity contribution < 1.29 is 0 Å². The predicted molar refractivity (Wildman–Crippen MR) is 88.4 cm³/mol. The first-order valence-corrected chi connectivity index (χ1v) is 7.62. The van der Waals surface area contributed by atoms with Gasteiger partial charge in [-0.25, -0.2) is 4.98 Å². The summed E-state index contributed by atoms with van der Waals surface area (Å²) in [7, 11) is 0. The minimum absolute atomic E-state index is 0.542. The van der Waals surface area contributed by atoms with Crippen molar-refractivity contribution >= 4 is 17.0 Å². The topological polar surface area (TPSA) is 79.1 Å². The summed E-state index contributed by atoms with van der Waals surface area (Å²) >= 11 is 0. The molecule has 1 aromatic heterocycles. The molecule has 0 aliphatic rings. The van der Waals surface area contributed by atoms with Gasteiger partial charge < -0.3 is 16.0 Å². The zero-order valence-corrected chi connectivity index (χ0v) is 12.9. The molecule has 4 N–H and O–H groups in total. The molecule has 5 nitrogen and oxygen atoms in total. The summed E-state index contributed by atoms with van der Waals surface area (Å²) in [5.41, 5.74) is 7.92. The summed E-state index contributed by atoms with van der Waals surface area (Å²) in [6, 6.07) is 8.07. The third kappa shape index (κ3) is 5.10. The molecule has 0 spiro atoms. The molecule has 114 valence electrons. The fraction of sp³-hybridized carbons (Fsp3) is 0.500. The number of aromatic nitrogens is 2. The Labute approximate surface area is 126 Å². The summed E-state index contributed by atoms with van der Waals surface area (Å²) < 4.78 is 0. The van der Waals surface area contributed by atoms with E-state index in [4.69, 9.17) is 5.73 Å². The quantitative estimate of drug-likeness (QED) is 0.416. The molecule has 0 aliphatic heterocycles. The number of hydrogen-bond acceptors (Lipinski definition) is 2. The molecule has 0 saturated heterocycles. The summed E-state index contributed by atoms with van der Waals surface area (Å²) in [4.78, 5) is 12.2. The second-order valence-corrected chi connectivity index (χ2v) is 5.68. The molecule has 0 saturated carbocycles. The normalized spacial score (nSPS) is 12.2. The minimum atomic E-state index is 0.542. The highest BCUT2D eigenvalue weighted by atomic mass is 15.1. The number of rotatable bonds is 7. The van der Waals surface area contributed by atoms with Crippen molar-refractivity contribution in [2.24, 2.45) is 16.6 Å². The van der Waals surface area contributed by atoms with Gasteiger partial charge in [0.15, 0.2) is 5.96 Å². The summed E-state index contributed by atoms with van der Waals surface area (Å²) in [6.45, 7) is 6.00. The Morgan fingerprint density at radius 3 is 2.95 bits per heavy atom.